The Morgan fingerprint density at radius 3 is 3.00 bits per heavy atom. The molecular formula is C11H6BrFN4O. The summed E-state index contributed by atoms with van der Waals surface area (Å²) in [5, 5.41) is 17.2. The Kier molecular flexibility index (Phi) is 3.39. The first-order valence-corrected chi connectivity index (χ1v) is 5.61. The molecule has 0 saturated heterocycles. The Bertz CT molecular complexity index is 626. The summed E-state index contributed by atoms with van der Waals surface area (Å²) in [4.78, 5) is 11.9. The van der Waals surface area contributed by atoms with Crippen LogP contribution in [0.5, 0.6) is 0 Å². The number of H-pyrrole nitrogens is 1. The minimum absolute atomic E-state index is 0.129. The number of anilines is 1. The molecule has 1 aromatic carbocycles. The number of rotatable bonds is 2. The summed E-state index contributed by atoms with van der Waals surface area (Å²) in [6.45, 7) is 0. The standard InChI is InChI=1S/C11H6BrFN4O/c12-7-2-1-3-8(13)9(7)11(18)16-10-6(4-14)5-15-17-10/h1-3,5H,(H2,15,16,17,18). The molecule has 0 unspecified atom stereocenters. The molecule has 5 nitrogen and oxygen atoms in total. The number of carbonyl (C=O) groups is 1. The highest BCUT2D eigenvalue weighted by molar-refractivity contribution is 9.10. The van der Waals surface area contributed by atoms with Crippen molar-refractivity contribution in [3.8, 4) is 6.07 Å². The summed E-state index contributed by atoms with van der Waals surface area (Å²) in [7, 11) is 0. The predicted molar refractivity (Wildman–Crippen MR) is 65.4 cm³/mol. The minimum Gasteiger partial charge on any atom is -0.306 e. The van der Waals surface area contributed by atoms with Crippen LogP contribution in [-0.4, -0.2) is 16.1 Å². The van der Waals surface area contributed by atoms with Gasteiger partial charge in [0.2, 0.25) is 0 Å². The van der Waals surface area contributed by atoms with E-state index in [1.165, 1.54) is 18.3 Å². The predicted octanol–water partition coefficient (Wildman–Crippen LogP) is 2.44. The molecule has 0 atom stereocenters. The molecule has 90 valence electrons. The molecule has 1 heterocycles. The molecule has 2 N–H and O–H groups in total. The molecule has 0 fully saturated rings. The van der Waals surface area contributed by atoms with E-state index in [4.69, 9.17) is 5.26 Å². The lowest BCUT2D eigenvalue weighted by Crippen LogP contribution is -2.15. The first-order valence-electron chi connectivity index (χ1n) is 4.82. The van der Waals surface area contributed by atoms with E-state index in [2.05, 4.69) is 31.4 Å². The van der Waals surface area contributed by atoms with E-state index in [0.717, 1.165) is 0 Å². The lowest BCUT2D eigenvalue weighted by molar-refractivity contribution is 0.102. The summed E-state index contributed by atoms with van der Waals surface area (Å²) >= 11 is 3.10. The third-order valence-corrected chi connectivity index (χ3v) is 2.85. The highest BCUT2D eigenvalue weighted by Crippen LogP contribution is 2.21. The second-order valence-corrected chi connectivity index (χ2v) is 4.18. The van der Waals surface area contributed by atoms with Crippen molar-refractivity contribution in [2.75, 3.05) is 5.32 Å². The van der Waals surface area contributed by atoms with Gasteiger partial charge in [0.05, 0.1) is 11.8 Å². The largest absolute Gasteiger partial charge is 0.306 e. The van der Waals surface area contributed by atoms with Crippen LogP contribution in [0.25, 0.3) is 0 Å². The monoisotopic (exact) mass is 308 g/mol. The van der Waals surface area contributed by atoms with Gasteiger partial charge in [0.25, 0.3) is 5.91 Å². The van der Waals surface area contributed by atoms with Crippen molar-refractivity contribution in [2.24, 2.45) is 0 Å². The molecule has 0 spiro atoms. The number of benzene rings is 1. The van der Waals surface area contributed by atoms with Crippen molar-refractivity contribution < 1.29 is 9.18 Å². The highest BCUT2D eigenvalue weighted by atomic mass is 79.9. The Morgan fingerprint density at radius 1 is 1.56 bits per heavy atom. The van der Waals surface area contributed by atoms with Crippen LogP contribution in [0.3, 0.4) is 0 Å². The Labute approximate surface area is 110 Å². The van der Waals surface area contributed by atoms with Gasteiger partial charge in [0, 0.05) is 4.47 Å². The second-order valence-electron chi connectivity index (χ2n) is 3.32. The van der Waals surface area contributed by atoms with Crippen LogP contribution < -0.4 is 5.32 Å². The maximum absolute atomic E-state index is 13.5. The Morgan fingerprint density at radius 2 is 2.33 bits per heavy atom. The molecule has 0 radical (unpaired) electrons. The van der Waals surface area contributed by atoms with Crippen LogP contribution in [0.2, 0.25) is 0 Å². The normalized spacial score (nSPS) is 9.83. The highest BCUT2D eigenvalue weighted by Gasteiger charge is 2.17. The van der Waals surface area contributed by atoms with Gasteiger partial charge in [-0.1, -0.05) is 6.07 Å². The fraction of sp³-hybridized carbons (Fsp3) is 0. The number of halogens is 2. The van der Waals surface area contributed by atoms with Crippen LogP contribution in [0.4, 0.5) is 10.2 Å². The number of amides is 1. The van der Waals surface area contributed by atoms with Gasteiger partial charge in [-0.3, -0.25) is 9.89 Å². The topological polar surface area (TPSA) is 81.6 Å². The Hall–Kier alpha value is -2.20. The maximum Gasteiger partial charge on any atom is 0.260 e. The number of nitriles is 1. The molecule has 1 aromatic heterocycles. The summed E-state index contributed by atoms with van der Waals surface area (Å²) in [5.41, 5.74) is 0.0480. The molecule has 0 aliphatic rings. The maximum atomic E-state index is 13.5. The zero-order valence-corrected chi connectivity index (χ0v) is 10.5. The van der Waals surface area contributed by atoms with Crippen LogP contribution in [0.1, 0.15) is 15.9 Å². The van der Waals surface area contributed by atoms with Gasteiger partial charge in [-0.2, -0.15) is 10.4 Å². The summed E-state index contributed by atoms with van der Waals surface area (Å²) in [5.74, 6) is -1.18. The lowest BCUT2D eigenvalue weighted by Gasteiger charge is -2.06. The molecule has 2 aromatic rings. The molecular weight excluding hydrogens is 303 g/mol. The van der Waals surface area contributed by atoms with Crippen molar-refractivity contribution in [3.63, 3.8) is 0 Å². The average molecular weight is 309 g/mol. The molecule has 1 amide bonds. The summed E-state index contributed by atoms with van der Waals surface area (Å²) in [6.07, 6.45) is 1.27. The van der Waals surface area contributed by atoms with E-state index in [1.807, 2.05) is 6.07 Å². The Balaban J connectivity index is 2.31. The number of nitrogens with zero attached hydrogens (tertiary/aromatic N) is 2. The smallest absolute Gasteiger partial charge is 0.260 e. The average Bonchev–Trinajstić information content (AvgIpc) is 2.76. The van der Waals surface area contributed by atoms with Gasteiger partial charge >= 0.3 is 0 Å². The fourth-order valence-electron chi connectivity index (χ4n) is 1.36. The molecule has 0 saturated carbocycles. The van der Waals surface area contributed by atoms with E-state index in [-0.39, 0.29) is 16.9 Å². The summed E-state index contributed by atoms with van der Waals surface area (Å²) in [6, 6.07) is 6.06. The number of hydrogen-bond acceptors (Lipinski definition) is 3. The van der Waals surface area contributed by atoms with Crippen molar-refractivity contribution in [1.82, 2.24) is 10.2 Å². The first-order chi connectivity index (χ1) is 8.63. The zero-order valence-electron chi connectivity index (χ0n) is 8.87. The van der Waals surface area contributed by atoms with Crippen molar-refractivity contribution in [3.05, 3.63) is 45.8 Å². The van der Waals surface area contributed by atoms with Gasteiger partial charge in [-0.05, 0) is 28.1 Å². The molecule has 7 heteroatoms. The van der Waals surface area contributed by atoms with Gasteiger partial charge < -0.3 is 5.32 Å². The number of aromatic nitrogens is 2. The first kappa shape index (κ1) is 12.3. The zero-order chi connectivity index (χ0) is 13.1. The van der Waals surface area contributed by atoms with Gasteiger partial charge in [0.1, 0.15) is 23.3 Å². The van der Waals surface area contributed by atoms with Crippen molar-refractivity contribution in [1.29, 1.82) is 5.26 Å². The van der Waals surface area contributed by atoms with E-state index in [9.17, 15) is 9.18 Å². The molecule has 2 rings (SSSR count). The van der Waals surface area contributed by atoms with Gasteiger partial charge in [-0.25, -0.2) is 4.39 Å². The molecule has 0 aliphatic heterocycles. The number of carbonyl (C=O) groups excluding carboxylic acids is 1. The second kappa shape index (κ2) is 4.98. The van der Waals surface area contributed by atoms with Gasteiger partial charge in [-0.15, -0.1) is 0 Å². The van der Waals surface area contributed by atoms with E-state index >= 15 is 0 Å². The van der Waals surface area contributed by atoms with E-state index in [1.54, 1.807) is 6.07 Å². The third-order valence-electron chi connectivity index (χ3n) is 2.19. The van der Waals surface area contributed by atoms with Crippen molar-refractivity contribution in [2.45, 2.75) is 0 Å². The van der Waals surface area contributed by atoms with Crippen LogP contribution in [0, 0.1) is 17.1 Å². The summed E-state index contributed by atoms with van der Waals surface area (Å²) < 4.78 is 13.9. The van der Waals surface area contributed by atoms with E-state index < -0.39 is 11.7 Å². The number of hydrogen-bond donors (Lipinski definition) is 2. The molecule has 0 aliphatic carbocycles. The molecule has 18 heavy (non-hydrogen) atoms. The van der Waals surface area contributed by atoms with Crippen LogP contribution in [-0.2, 0) is 0 Å². The third kappa shape index (κ3) is 2.24. The fourth-order valence-corrected chi connectivity index (χ4v) is 1.88. The quantitative estimate of drug-likeness (QED) is 0.894. The number of aromatic amines is 1. The molecule has 0 bridgehead atoms. The van der Waals surface area contributed by atoms with Crippen molar-refractivity contribution >= 4 is 27.7 Å². The van der Waals surface area contributed by atoms with Gasteiger partial charge in [0.15, 0.2) is 0 Å². The lowest BCUT2D eigenvalue weighted by atomic mass is 10.2. The van der Waals surface area contributed by atoms with Crippen LogP contribution >= 0.6 is 15.9 Å². The number of nitrogens with one attached hydrogen (secondary N) is 2. The minimum atomic E-state index is -0.666. The van der Waals surface area contributed by atoms with E-state index in [0.29, 0.717) is 4.47 Å². The van der Waals surface area contributed by atoms with Crippen LogP contribution in [0.15, 0.2) is 28.9 Å². The SMILES string of the molecule is N#Cc1cn[nH]c1NC(=O)c1c(F)cccc1Br.